The molecule has 0 unspecified atom stereocenters. The number of H-pyrrole nitrogens is 1. The molecule has 0 aliphatic carbocycles. The van der Waals surface area contributed by atoms with Gasteiger partial charge in [0.15, 0.2) is 0 Å². The molecule has 2 aliphatic heterocycles. The Kier molecular flexibility index (Phi) is 5.13. The highest BCUT2D eigenvalue weighted by atomic mass is 19.1. The molecule has 2 fully saturated rings. The summed E-state index contributed by atoms with van der Waals surface area (Å²) in [5.41, 5.74) is 1.72. The van der Waals surface area contributed by atoms with Crippen molar-refractivity contribution < 1.29 is 14.0 Å². The van der Waals surface area contributed by atoms with Crippen molar-refractivity contribution in [3.05, 3.63) is 41.5 Å². The smallest absolute Gasteiger partial charge is 0.274 e. The predicted octanol–water partition coefficient (Wildman–Crippen LogP) is 2.01. The van der Waals surface area contributed by atoms with E-state index in [-0.39, 0.29) is 29.0 Å². The van der Waals surface area contributed by atoms with Crippen molar-refractivity contribution in [3.63, 3.8) is 0 Å². The zero-order chi connectivity index (χ0) is 21.6. The number of amides is 2. The van der Waals surface area contributed by atoms with Gasteiger partial charge in [-0.05, 0) is 45.3 Å². The fourth-order valence-corrected chi connectivity index (χ4v) is 4.99. The molecule has 2 aromatic rings. The first-order chi connectivity index (χ1) is 14.2. The number of aromatic nitrogens is 2. The Morgan fingerprint density at radius 3 is 2.47 bits per heavy atom. The Balaban J connectivity index is 1.56. The van der Waals surface area contributed by atoms with Crippen LogP contribution in [-0.4, -0.2) is 83.3 Å². The molecule has 1 aromatic carbocycles. The summed E-state index contributed by atoms with van der Waals surface area (Å²) in [5, 5.41) is 0. The van der Waals surface area contributed by atoms with Crippen molar-refractivity contribution in [1.82, 2.24) is 24.7 Å². The van der Waals surface area contributed by atoms with E-state index in [4.69, 9.17) is 0 Å². The summed E-state index contributed by atoms with van der Waals surface area (Å²) in [4.78, 5) is 38.9. The van der Waals surface area contributed by atoms with Crippen molar-refractivity contribution in [2.75, 3.05) is 46.8 Å². The minimum absolute atomic E-state index is 0.0903. The van der Waals surface area contributed by atoms with Crippen LogP contribution in [0, 0.1) is 24.1 Å². The van der Waals surface area contributed by atoms with Crippen LogP contribution in [0.2, 0.25) is 0 Å². The molecule has 4 rings (SSSR count). The van der Waals surface area contributed by atoms with Crippen LogP contribution in [0.15, 0.2) is 24.3 Å². The van der Waals surface area contributed by atoms with Gasteiger partial charge in [0.1, 0.15) is 17.3 Å². The number of halogens is 1. The molecule has 8 heteroatoms. The van der Waals surface area contributed by atoms with Gasteiger partial charge in [-0.25, -0.2) is 9.37 Å². The highest BCUT2D eigenvalue weighted by Crippen LogP contribution is 2.43. The lowest BCUT2D eigenvalue weighted by atomic mass is 9.80. The molecule has 2 amide bonds. The minimum atomic E-state index is -0.312. The summed E-state index contributed by atoms with van der Waals surface area (Å²) in [7, 11) is 4.05. The van der Waals surface area contributed by atoms with Gasteiger partial charge in [0.05, 0.1) is 0 Å². The lowest BCUT2D eigenvalue weighted by Gasteiger charge is -2.31. The van der Waals surface area contributed by atoms with E-state index in [1.54, 1.807) is 19.1 Å². The molecule has 0 spiro atoms. The standard InChI is InChI=1S/C22H28FN5O2/c1-14-19(25-20(24-14)16-5-7-18(23)8-6-16)21(30)28-10-17-9-27(15(2)29)12-22(17,13-28)11-26(3)4/h5-8,17H,9-13H2,1-4H3,(H,24,25)/t17-,22+/m1/s1. The number of carbonyl (C=O) groups excluding carboxylic acids is 2. The number of nitrogens with zero attached hydrogens (tertiary/aromatic N) is 4. The van der Waals surface area contributed by atoms with Gasteiger partial charge in [-0.15, -0.1) is 0 Å². The zero-order valence-electron chi connectivity index (χ0n) is 17.9. The fraction of sp³-hybridized carbons (Fsp3) is 0.500. The van der Waals surface area contributed by atoms with Crippen molar-refractivity contribution >= 4 is 11.8 Å². The predicted molar refractivity (Wildman–Crippen MR) is 111 cm³/mol. The van der Waals surface area contributed by atoms with E-state index in [9.17, 15) is 14.0 Å². The van der Waals surface area contributed by atoms with E-state index in [2.05, 4.69) is 14.9 Å². The lowest BCUT2D eigenvalue weighted by Crippen LogP contribution is -2.43. The van der Waals surface area contributed by atoms with E-state index in [0.717, 1.165) is 12.1 Å². The van der Waals surface area contributed by atoms with Gasteiger partial charge in [-0.1, -0.05) is 0 Å². The Hall–Kier alpha value is -2.74. The van der Waals surface area contributed by atoms with Crippen LogP contribution >= 0.6 is 0 Å². The maximum atomic E-state index is 13.3. The summed E-state index contributed by atoms with van der Waals surface area (Å²) < 4.78 is 13.2. The molecule has 2 aliphatic rings. The maximum absolute atomic E-state index is 13.3. The van der Waals surface area contributed by atoms with Gasteiger partial charge in [0.25, 0.3) is 5.91 Å². The van der Waals surface area contributed by atoms with Crippen molar-refractivity contribution in [1.29, 1.82) is 0 Å². The molecule has 2 atom stereocenters. The molecule has 30 heavy (non-hydrogen) atoms. The first kappa shape index (κ1) is 20.5. The number of carbonyl (C=O) groups is 2. The van der Waals surface area contributed by atoms with E-state index < -0.39 is 0 Å². The van der Waals surface area contributed by atoms with Crippen LogP contribution in [0.5, 0.6) is 0 Å². The van der Waals surface area contributed by atoms with Crippen molar-refractivity contribution in [2.45, 2.75) is 13.8 Å². The summed E-state index contributed by atoms with van der Waals surface area (Å²) in [6.45, 7) is 6.86. The Morgan fingerprint density at radius 1 is 1.20 bits per heavy atom. The summed E-state index contributed by atoms with van der Waals surface area (Å²) >= 11 is 0. The number of rotatable bonds is 4. The van der Waals surface area contributed by atoms with E-state index in [1.165, 1.54) is 12.1 Å². The van der Waals surface area contributed by atoms with E-state index in [0.29, 0.717) is 43.4 Å². The number of nitrogens with one attached hydrogen (secondary N) is 1. The average molecular weight is 413 g/mol. The highest BCUT2D eigenvalue weighted by Gasteiger charge is 2.54. The molecule has 2 saturated heterocycles. The van der Waals surface area contributed by atoms with Crippen LogP contribution in [0.25, 0.3) is 11.4 Å². The molecule has 7 nitrogen and oxygen atoms in total. The first-order valence-electron chi connectivity index (χ1n) is 10.2. The number of hydrogen-bond donors (Lipinski definition) is 1. The van der Waals surface area contributed by atoms with E-state index in [1.807, 2.05) is 30.8 Å². The van der Waals surface area contributed by atoms with Gasteiger partial charge in [0, 0.05) is 62.2 Å². The number of benzene rings is 1. The third-order valence-electron chi connectivity index (χ3n) is 6.33. The first-order valence-corrected chi connectivity index (χ1v) is 10.2. The van der Waals surface area contributed by atoms with Crippen LogP contribution in [0.4, 0.5) is 4.39 Å². The van der Waals surface area contributed by atoms with Gasteiger partial charge in [0.2, 0.25) is 5.91 Å². The van der Waals surface area contributed by atoms with E-state index >= 15 is 0 Å². The third kappa shape index (κ3) is 3.60. The minimum Gasteiger partial charge on any atom is -0.342 e. The molecule has 160 valence electrons. The average Bonchev–Trinajstić information content (AvgIpc) is 3.31. The molecular formula is C22H28FN5O2. The second-order valence-electron chi connectivity index (χ2n) is 8.95. The van der Waals surface area contributed by atoms with Crippen LogP contribution in [-0.2, 0) is 4.79 Å². The summed E-state index contributed by atoms with van der Waals surface area (Å²) in [6.07, 6.45) is 0. The SMILES string of the molecule is CC(=O)N1C[C@@H]2CN(C(=O)c3nc(-c4ccc(F)cc4)[nH]c3C)C[C@]2(CN(C)C)C1. The highest BCUT2D eigenvalue weighted by molar-refractivity contribution is 5.94. The Morgan fingerprint density at radius 2 is 1.83 bits per heavy atom. The van der Waals surface area contributed by atoms with Gasteiger partial charge >= 0.3 is 0 Å². The third-order valence-corrected chi connectivity index (χ3v) is 6.33. The van der Waals surface area contributed by atoms with Crippen molar-refractivity contribution in [3.8, 4) is 11.4 Å². The van der Waals surface area contributed by atoms with Gasteiger partial charge < -0.3 is 19.7 Å². The number of likely N-dealkylation sites (tertiary alicyclic amines) is 2. The normalized spacial score (nSPS) is 23.3. The summed E-state index contributed by atoms with van der Waals surface area (Å²) in [5.74, 6) is 0.490. The molecule has 1 aromatic heterocycles. The second kappa shape index (κ2) is 7.50. The number of imidazole rings is 1. The fourth-order valence-electron chi connectivity index (χ4n) is 4.99. The molecule has 3 heterocycles. The Labute approximate surface area is 175 Å². The largest absolute Gasteiger partial charge is 0.342 e. The monoisotopic (exact) mass is 413 g/mol. The quantitative estimate of drug-likeness (QED) is 0.832. The van der Waals surface area contributed by atoms with Crippen LogP contribution in [0.3, 0.4) is 0 Å². The Bertz CT molecular complexity index is 970. The van der Waals surface area contributed by atoms with Crippen LogP contribution in [0.1, 0.15) is 23.1 Å². The molecule has 0 radical (unpaired) electrons. The molecule has 0 saturated carbocycles. The molecule has 0 bridgehead atoms. The maximum Gasteiger partial charge on any atom is 0.274 e. The topological polar surface area (TPSA) is 72.5 Å². The number of aryl methyl sites for hydroxylation is 1. The van der Waals surface area contributed by atoms with Crippen LogP contribution < -0.4 is 0 Å². The number of hydrogen-bond acceptors (Lipinski definition) is 4. The van der Waals surface area contributed by atoms with Gasteiger partial charge in [-0.2, -0.15) is 0 Å². The zero-order valence-corrected chi connectivity index (χ0v) is 17.9. The second-order valence-corrected chi connectivity index (χ2v) is 8.95. The lowest BCUT2D eigenvalue weighted by molar-refractivity contribution is -0.128. The number of fused-ring (bicyclic) bond motifs is 1. The molecule has 1 N–H and O–H groups in total. The number of aromatic amines is 1. The molecular weight excluding hydrogens is 385 g/mol. The summed E-state index contributed by atoms with van der Waals surface area (Å²) in [6, 6.07) is 6.04. The van der Waals surface area contributed by atoms with Crippen molar-refractivity contribution in [2.24, 2.45) is 11.3 Å². The van der Waals surface area contributed by atoms with Gasteiger partial charge in [-0.3, -0.25) is 9.59 Å².